The molecule has 2 amide bonds. The van der Waals surface area contributed by atoms with Crippen LogP contribution in [0.2, 0.25) is 0 Å². The first-order valence-electron chi connectivity index (χ1n) is 10.4. The van der Waals surface area contributed by atoms with Crippen LogP contribution >= 0.6 is 0 Å². The van der Waals surface area contributed by atoms with Gasteiger partial charge in [-0.3, -0.25) is 9.59 Å². The zero-order chi connectivity index (χ0) is 21.8. The average Bonchev–Trinajstić information content (AvgIpc) is 3.26. The molecule has 2 N–H and O–H groups in total. The van der Waals surface area contributed by atoms with Gasteiger partial charge >= 0.3 is 0 Å². The fourth-order valence-corrected chi connectivity index (χ4v) is 3.55. The van der Waals surface area contributed by atoms with Crippen LogP contribution in [0.4, 0.5) is 11.6 Å². The molecule has 1 aliphatic rings. The summed E-state index contributed by atoms with van der Waals surface area (Å²) in [6, 6.07) is 14.9. The number of nitrogens with zero attached hydrogens (tertiary/aromatic N) is 3. The molecule has 1 atom stereocenters. The molecule has 4 rings (SSSR count). The molecule has 2 aromatic carbocycles. The number of nitrogens with one attached hydrogen (secondary N) is 2. The molecule has 1 aliphatic heterocycles. The molecule has 0 saturated carbocycles. The van der Waals surface area contributed by atoms with Crippen LogP contribution in [0.5, 0.6) is 0 Å². The van der Waals surface area contributed by atoms with E-state index >= 15 is 0 Å². The molecule has 31 heavy (non-hydrogen) atoms. The third kappa shape index (κ3) is 4.71. The number of fused-ring (bicyclic) bond motifs is 1. The Kier molecular flexibility index (Phi) is 5.93. The maximum Gasteiger partial charge on any atom is 0.253 e. The van der Waals surface area contributed by atoms with E-state index in [1.54, 1.807) is 30.5 Å². The highest BCUT2D eigenvalue weighted by atomic mass is 16.2. The summed E-state index contributed by atoms with van der Waals surface area (Å²) in [5.74, 6) is 0.345. The Bertz CT molecular complexity index is 1130. The number of carbonyl (C=O) groups is 2. The predicted molar refractivity (Wildman–Crippen MR) is 122 cm³/mol. The normalized spacial score (nSPS) is 15.6. The van der Waals surface area contributed by atoms with Gasteiger partial charge in [-0.05, 0) is 43.2 Å². The number of likely N-dealkylation sites (tertiary alicyclic amines) is 1. The van der Waals surface area contributed by atoms with Gasteiger partial charge in [-0.15, -0.1) is 0 Å². The van der Waals surface area contributed by atoms with Crippen LogP contribution in [0.3, 0.4) is 0 Å². The van der Waals surface area contributed by atoms with Crippen LogP contribution < -0.4 is 10.6 Å². The molecule has 0 aliphatic carbocycles. The highest BCUT2D eigenvalue weighted by Gasteiger charge is 2.27. The summed E-state index contributed by atoms with van der Waals surface area (Å²) >= 11 is 0. The van der Waals surface area contributed by atoms with Gasteiger partial charge in [0.25, 0.3) is 11.8 Å². The van der Waals surface area contributed by atoms with Crippen molar-refractivity contribution in [1.82, 2.24) is 14.9 Å². The zero-order valence-corrected chi connectivity index (χ0v) is 17.5. The molecule has 0 bridgehead atoms. The SMILES string of the molecule is C=C(CC)C(=O)Nc1ccc(C(=O)N2CC[C@H](Nc3ncc4ccccc4n3)C2)cc1. The Morgan fingerprint density at radius 1 is 1.16 bits per heavy atom. The smallest absolute Gasteiger partial charge is 0.253 e. The topological polar surface area (TPSA) is 87.2 Å². The first-order chi connectivity index (χ1) is 15.0. The molecule has 1 saturated heterocycles. The van der Waals surface area contributed by atoms with Gasteiger partial charge in [0, 0.05) is 47.5 Å². The summed E-state index contributed by atoms with van der Waals surface area (Å²) in [6.07, 6.45) is 3.23. The molecule has 7 heteroatoms. The molecular weight excluding hydrogens is 390 g/mol. The number of hydrogen-bond donors (Lipinski definition) is 2. The molecule has 1 aromatic heterocycles. The van der Waals surface area contributed by atoms with Gasteiger partial charge in [-0.2, -0.15) is 0 Å². The van der Waals surface area contributed by atoms with E-state index in [1.807, 2.05) is 36.1 Å². The first kappa shape index (κ1) is 20.5. The molecule has 2 heterocycles. The quantitative estimate of drug-likeness (QED) is 0.597. The standard InChI is InChI=1S/C24H25N5O2/c1-3-16(2)22(30)26-19-10-8-17(9-11-19)23(31)29-13-12-20(15-29)27-24-25-14-18-6-4-5-7-21(18)28-24/h4-11,14,20H,2-3,12-13,15H2,1H3,(H,26,30)(H,25,27,28)/t20-/m0/s1. The number of carbonyl (C=O) groups excluding carboxylic acids is 2. The third-order valence-electron chi connectivity index (χ3n) is 5.44. The van der Waals surface area contributed by atoms with Gasteiger partial charge < -0.3 is 15.5 Å². The van der Waals surface area contributed by atoms with E-state index < -0.39 is 0 Å². The van der Waals surface area contributed by atoms with Crippen LogP contribution in [0.15, 0.2) is 66.9 Å². The number of hydrogen-bond acceptors (Lipinski definition) is 5. The van der Waals surface area contributed by atoms with E-state index in [9.17, 15) is 9.59 Å². The minimum atomic E-state index is -0.203. The maximum atomic E-state index is 12.9. The summed E-state index contributed by atoms with van der Waals surface area (Å²) in [5.41, 5.74) is 2.65. The minimum absolute atomic E-state index is 0.0282. The van der Waals surface area contributed by atoms with Gasteiger partial charge in [0.2, 0.25) is 5.95 Å². The van der Waals surface area contributed by atoms with E-state index in [4.69, 9.17) is 0 Å². The second-order valence-corrected chi connectivity index (χ2v) is 7.62. The van der Waals surface area contributed by atoms with Gasteiger partial charge in [-0.1, -0.05) is 31.7 Å². The Labute approximate surface area is 181 Å². The molecule has 0 radical (unpaired) electrons. The van der Waals surface area contributed by atoms with Gasteiger partial charge in [0.15, 0.2) is 0 Å². The number of benzene rings is 2. The van der Waals surface area contributed by atoms with Crippen LogP contribution in [0.25, 0.3) is 10.9 Å². The largest absolute Gasteiger partial charge is 0.350 e. The van der Waals surface area contributed by atoms with Crippen molar-refractivity contribution in [3.63, 3.8) is 0 Å². The van der Waals surface area contributed by atoms with Crippen molar-refractivity contribution in [2.45, 2.75) is 25.8 Å². The fraction of sp³-hybridized carbons (Fsp3) is 0.250. The lowest BCUT2D eigenvalue weighted by Crippen LogP contribution is -2.31. The van der Waals surface area contributed by atoms with E-state index in [0.717, 1.165) is 17.3 Å². The van der Waals surface area contributed by atoms with E-state index in [1.165, 1.54) is 0 Å². The Morgan fingerprint density at radius 3 is 2.71 bits per heavy atom. The summed E-state index contributed by atoms with van der Waals surface area (Å²) in [6.45, 7) is 6.87. The van der Waals surface area contributed by atoms with Crippen LogP contribution in [0.1, 0.15) is 30.1 Å². The summed E-state index contributed by atoms with van der Waals surface area (Å²) < 4.78 is 0. The zero-order valence-electron chi connectivity index (χ0n) is 17.5. The lowest BCUT2D eigenvalue weighted by molar-refractivity contribution is -0.112. The lowest BCUT2D eigenvalue weighted by atomic mass is 10.1. The molecule has 1 fully saturated rings. The second-order valence-electron chi connectivity index (χ2n) is 7.62. The predicted octanol–water partition coefficient (Wildman–Crippen LogP) is 3.86. The minimum Gasteiger partial charge on any atom is -0.350 e. The van der Waals surface area contributed by atoms with E-state index in [0.29, 0.717) is 42.3 Å². The molecule has 0 spiro atoms. The van der Waals surface area contributed by atoms with Crippen LogP contribution in [-0.2, 0) is 4.79 Å². The van der Waals surface area contributed by atoms with E-state index in [-0.39, 0.29) is 17.9 Å². The van der Waals surface area contributed by atoms with Crippen molar-refractivity contribution in [3.8, 4) is 0 Å². The van der Waals surface area contributed by atoms with Crippen molar-refractivity contribution < 1.29 is 9.59 Å². The molecule has 7 nitrogen and oxygen atoms in total. The number of anilines is 2. The molecular formula is C24H25N5O2. The van der Waals surface area contributed by atoms with Crippen LogP contribution in [0, 0.1) is 0 Å². The Morgan fingerprint density at radius 2 is 1.94 bits per heavy atom. The van der Waals surface area contributed by atoms with Crippen molar-refractivity contribution in [2.24, 2.45) is 0 Å². The average molecular weight is 415 g/mol. The Hall–Kier alpha value is -3.74. The summed E-state index contributed by atoms with van der Waals surface area (Å²) in [5, 5.41) is 7.13. The van der Waals surface area contributed by atoms with Crippen molar-refractivity contribution in [2.75, 3.05) is 23.7 Å². The first-order valence-corrected chi connectivity index (χ1v) is 10.4. The number of para-hydroxylation sites is 1. The van der Waals surface area contributed by atoms with Crippen LogP contribution in [-0.4, -0.2) is 45.8 Å². The van der Waals surface area contributed by atoms with E-state index in [2.05, 4.69) is 27.2 Å². The highest BCUT2D eigenvalue weighted by Crippen LogP contribution is 2.19. The Balaban J connectivity index is 1.35. The maximum absolute atomic E-state index is 12.9. The second kappa shape index (κ2) is 8.95. The highest BCUT2D eigenvalue weighted by molar-refractivity contribution is 6.03. The fourth-order valence-electron chi connectivity index (χ4n) is 3.55. The van der Waals surface area contributed by atoms with Gasteiger partial charge in [-0.25, -0.2) is 9.97 Å². The number of amides is 2. The number of rotatable bonds is 6. The monoisotopic (exact) mass is 415 g/mol. The van der Waals surface area contributed by atoms with Gasteiger partial charge in [0.05, 0.1) is 5.52 Å². The summed E-state index contributed by atoms with van der Waals surface area (Å²) in [7, 11) is 0. The van der Waals surface area contributed by atoms with Crippen molar-refractivity contribution in [1.29, 1.82) is 0 Å². The summed E-state index contributed by atoms with van der Waals surface area (Å²) in [4.78, 5) is 35.6. The van der Waals surface area contributed by atoms with Crippen molar-refractivity contribution in [3.05, 3.63) is 72.4 Å². The molecule has 158 valence electrons. The molecule has 0 unspecified atom stereocenters. The third-order valence-corrected chi connectivity index (χ3v) is 5.44. The molecule has 3 aromatic rings. The van der Waals surface area contributed by atoms with Gasteiger partial charge in [0.1, 0.15) is 0 Å². The van der Waals surface area contributed by atoms with Crippen molar-refractivity contribution >= 4 is 34.4 Å². The number of aromatic nitrogens is 2. The lowest BCUT2D eigenvalue weighted by Gasteiger charge is -2.17.